The molecule has 8 heteroatoms. The topological polar surface area (TPSA) is 0 Å². The number of hydrogen-bond acceptors (Lipinski definition) is 0. The molecule has 2 bridgehead atoms. The third-order valence-electron chi connectivity index (χ3n) is 3.22. The van der Waals surface area contributed by atoms with Crippen LogP contribution in [0.1, 0.15) is 6.42 Å². The molecule has 4 unspecified atom stereocenters. The van der Waals surface area contributed by atoms with Crippen molar-refractivity contribution in [1.82, 2.24) is 0 Å². The molecule has 0 nitrogen and oxygen atoms in total. The zero-order valence-electron chi connectivity index (χ0n) is 8.04. The first kappa shape index (κ1) is 13.7. The van der Waals surface area contributed by atoms with Crippen LogP contribution in [0.5, 0.6) is 0 Å². The van der Waals surface area contributed by atoms with Gasteiger partial charge in [0.2, 0.25) is 0 Å². The van der Waals surface area contributed by atoms with Gasteiger partial charge < -0.3 is 0 Å². The molecule has 0 saturated heterocycles. The molecule has 0 aromatic heterocycles. The van der Waals surface area contributed by atoms with E-state index in [2.05, 4.69) is 31.9 Å². The van der Waals surface area contributed by atoms with Crippen molar-refractivity contribution in [3.63, 3.8) is 0 Å². The van der Waals surface area contributed by atoms with Crippen LogP contribution in [0.3, 0.4) is 0 Å². The summed E-state index contributed by atoms with van der Waals surface area (Å²) in [5.41, 5.74) is -2.79. The molecule has 0 amide bonds. The second-order valence-electron chi connectivity index (χ2n) is 4.16. The highest BCUT2D eigenvalue weighted by molar-refractivity contribution is 9.12. The standard InChI is InChI=1S/C9H6Br2F6/c10-6-2-1-3(7(6)11)5(9(15,16)17)4(2)8(12,13)14/h2-3,6-7H,1H2. The molecule has 0 aromatic carbocycles. The van der Waals surface area contributed by atoms with E-state index in [-0.39, 0.29) is 6.42 Å². The summed E-state index contributed by atoms with van der Waals surface area (Å²) in [6, 6.07) is 0. The second kappa shape index (κ2) is 3.88. The fourth-order valence-corrected chi connectivity index (χ4v) is 4.35. The highest BCUT2D eigenvalue weighted by Crippen LogP contribution is 2.61. The lowest BCUT2D eigenvalue weighted by Crippen LogP contribution is -2.35. The average molecular weight is 388 g/mol. The molecular formula is C9H6Br2F6. The van der Waals surface area contributed by atoms with Gasteiger partial charge in [0.25, 0.3) is 0 Å². The minimum absolute atomic E-state index is 0.102. The van der Waals surface area contributed by atoms with Gasteiger partial charge in [0.05, 0.1) is 0 Å². The summed E-state index contributed by atoms with van der Waals surface area (Å²) >= 11 is 6.08. The van der Waals surface area contributed by atoms with E-state index in [0.29, 0.717) is 0 Å². The predicted octanol–water partition coefficient (Wildman–Crippen LogP) is 4.58. The quantitative estimate of drug-likeness (QED) is 0.324. The van der Waals surface area contributed by atoms with Crippen LogP contribution in [-0.2, 0) is 0 Å². The Morgan fingerprint density at radius 2 is 1.06 bits per heavy atom. The molecule has 1 fully saturated rings. The van der Waals surface area contributed by atoms with E-state index >= 15 is 0 Å². The Morgan fingerprint density at radius 1 is 0.765 bits per heavy atom. The Morgan fingerprint density at radius 3 is 1.29 bits per heavy atom. The summed E-state index contributed by atoms with van der Waals surface area (Å²) in [7, 11) is 0. The van der Waals surface area contributed by atoms with Crippen molar-refractivity contribution in [1.29, 1.82) is 0 Å². The van der Waals surface area contributed by atoms with E-state index in [4.69, 9.17) is 0 Å². The molecule has 0 spiro atoms. The fourth-order valence-electron chi connectivity index (χ4n) is 2.66. The van der Waals surface area contributed by atoms with Crippen molar-refractivity contribution in [3.8, 4) is 0 Å². The highest BCUT2D eigenvalue weighted by atomic mass is 79.9. The third-order valence-corrected chi connectivity index (χ3v) is 6.35. The molecule has 1 saturated carbocycles. The molecule has 0 aromatic rings. The van der Waals surface area contributed by atoms with Crippen LogP contribution in [0.4, 0.5) is 26.3 Å². The minimum Gasteiger partial charge on any atom is -0.166 e. The van der Waals surface area contributed by atoms with Crippen molar-refractivity contribution < 1.29 is 26.3 Å². The Hall–Kier alpha value is 0.280. The van der Waals surface area contributed by atoms with Crippen LogP contribution < -0.4 is 0 Å². The first-order chi connectivity index (χ1) is 7.55. The van der Waals surface area contributed by atoms with Crippen LogP contribution in [0, 0.1) is 11.8 Å². The van der Waals surface area contributed by atoms with Crippen LogP contribution in [0.15, 0.2) is 11.1 Å². The van der Waals surface area contributed by atoms with Crippen LogP contribution in [0.2, 0.25) is 0 Å². The normalized spacial score (nSPS) is 38.1. The first-order valence-electron chi connectivity index (χ1n) is 4.71. The van der Waals surface area contributed by atoms with E-state index in [1.54, 1.807) is 0 Å². The Kier molecular flexibility index (Phi) is 3.13. The molecular weight excluding hydrogens is 382 g/mol. The van der Waals surface area contributed by atoms with Crippen molar-refractivity contribution in [2.24, 2.45) is 11.8 Å². The maximum atomic E-state index is 12.7. The molecule has 4 atom stereocenters. The SMILES string of the molecule is FC(F)(F)C1=C(C(F)(F)F)C2CC1C(Br)C2Br. The van der Waals surface area contributed by atoms with Crippen molar-refractivity contribution in [2.75, 3.05) is 0 Å². The van der Waals surface area contributed by atoms with Gasteiger partial charge in [-0.15, -0.1) is 0 Å². The number of fused-ring (bicyclic) bond motifs is 2. The molecule has 0 radical (unpaired) electrons. The van der Waals surface area contributed by atoms with E-state index in [9.17, 15) is 26.3 Å². The van der Waals surface area contributed by atoms with Crippen LogP contribution in [0.25, 0.3) is 0 Å². The number of halogens is 8. The van der Waals surface area contributed by atoms with Gasteiger partial charge in [-0.25, -0.2) is 0 Å². The van der Waals surface area contributed by atoms with Gasteiger partial charge in [-0.1, -0.05) is 31.9 Å². The van der Waals surface area contributed by atoms with Gasteiger partial charge in [-0.3, -0.25) is 0 Å². The van der Waals surface area contributed by atoms with Gasteiger partial charge in [0.15, 0.2) is 0 Å². The molecule has 17 heavy (non-hydrogen) atoms. The maximum absolute atomic E-state index is 12.7. The monoisotopic (exact) mass is 386 g/mol. The van der Waals surface area contributed by atoms with Crippen molar-refractivity contribution in [3.05, 3.63) is 11.1 Å². The van der Waals surface area contributed by atoms with Gasteiger partial charge in [-0.05, 0) is 6.42 Å². The lowest BCUT2D eigenvalue weighted by Gasteiger charge is -2.29. The van der Waals surface area contributed by atoms with Gasteiger partial charge in [0, 0.05) is 32.6 Å². The number of hydrogen-bond donors (Lipinski definition) is 0. The molecule has 0 aliphatic heterocycles. The molecule has 2 aliphatic rings. The zero-order valence-corrected chi connectivity index (χ0v) is 11.2. The Balaban J connectivity index is 2.56. The van der Waals surface area contributed by atoms with Gasteiger partial charge in [-0.2, -0.15) is 26.3 Å². The second-order valence-corrected chi connectivity index (χ2v) is 6.28. The molecule has 2 aliphatic carbocycles. The number of allylic oxidation sites excluding steroid dienone is 2. The van der Waals surface area contributed by atoms with Crippen LogP contribution in [-0.4, -0.2) is 22.0 Å². The maximum Gasteiger partial charge on any atom is 0.413 e. The van der Waals surface area contributed by atoms with Gasteiger partial charge >= 0.3 is 12.4 Å². The van der Waals surface area contributed by atoms with E-state index in [1.807, 2.05) is 0 Å². The smallest absolute Gasteiger partial charge is 0.166 e. The highest BCUT2D eigenvalue weighted by Gasteiger charge is 2.62. The predicted molar refractivity (Wildman–Crippen MR) is 56.2 cm³/mol. The zero-order chi connectivity index (χ0) is 13.2. The molecule has 2 rings (SSSR count). The first-order valence-corrected chi connectivity index (χ1v) is 6.55. The van der Waals surface area contributed by atoms with E-state index in [0.717, 1.165) is 0 Å². The summed E-state index contributed by atoms with van der Waals surface area (Å²) in [4.78, 5) is -1.20. The largest absolute Gasteiger partial charge is 0.413 e. The average Bonchev–Trinajstić information content (AvgIpc) is 2.62. The summed E-state index contributed by atoms with van der Waals surface area (Å²) in [6.07, 6.45) is -9.93. The summed E-state index contributed by atoms with van der Waals surface area (Å²) in [6.45, 7) is 0. The lowest BCUT2D eigenvalue weighted by atomic mass is 9.90. The van der Waals surface area contributed by atoms with Crippen molar-refractivity contribution >= 4 is 31.9 Å². The minimum atomic E-state index is -4.91. The summed E-state index contributed by atoms with van der Waals surface area (Å²) in [5, 5.41) is 0. The Labute approximate surface area is 110 Å². The molecule has 0 heterocycles. The van der Waals surface area contributed by atoms with Crippen molar-refractivity contribution in [2.45, 2.75) is 28.4 Å². The van der Waals surface area contributed by atoms with Crippen LogP contribution >= 0.6 is 31.9 Å². The number of rotatable bonds is 0. The van der Waals surface area contributed by atoms with Gasteiger partial charge in [0.1, 0.15) is 0 Å². The number of alkyl halides is 8. The van der Waals surface area contributed by atoms with E-state index in [1.165, 1.54) is 0 Å². The fraction of sp³-hybridized carbons (Fsp3) is 0.778. The summed E-state index contributed by atoms with van der Waals surface area (Å²) < 4.78 is 76.2. The third kappa shape index (κ3) is 2.05. The molecule has 98 valence electrons. The van der Waals surface area contributed by atoms with E-state index < -0.39 is 45.0 Å². The molecule has 0 N–H and O–H groups in total. The lowest BCUT2D eigenvalue weighted by molar-refractivity contribution is -0.121. The Bertz CT molecular complexity index is 335. The summed E-state index contributed by atoms with van der Waals surface area (Å²) in [5.74, 6) is -2.22.